The molecule has 0 aromatic rings. The monoisotopic (exact) mass is 1000 g/mol. The molecule has 0 saturated carbocycles. The predicted molar refractivity (Wildman–Crippen MR) is 113 cm³/mol. The van der Waals surface area contributed by atoms with E-state index < -0.39 is 30.1 Å². The van der Waals surface area contributed by atoms with Gasteiger partial charge >= 0.3 is 0 Å². The van der Waals surface area contributed by atoms with Crippen LogP contribution in [0.15, 0.2) is 0 Å². The summed E-state index contributed by atoms with van der Waals surface area (Å²) in [6.45, 7) is 1.33. The molecule has 13 nitrogen and oxygen atoms in total. The molecule has 198 valence electrons. The minimum atomic E-state index is -0.699. The van der Waals surface area contributed by atoms with Crippen molar-refractivity contribution in [3.63, 3.8) is 0 Å². The normalized spacial score (nSPS) is 11.5. The average molecular weight is 1000 g/mol. The Morgan fingerprint density at radius 2 is 0.824 bits per heavy atom. The first kappa shape index (κ1) is 40.9. The molecule has 0 radical (unpaired) electrons. The molecule has 0 aromatic carbocycles. The molecular weight excluding hydrogens is 966 g/mol. The molecule has 0 rings (SSSR count). The van der Waals surface area contributed by atoms with Gasteiger partial charge in [-0.2, -0.15) is 0 Å². The van der Waals surface area contributed by atoms with Gasteiger partial charge in [-0.1, -0.05) is 0 Å². The first-order valence-electron chi connectivity index (χ1n) is 9.38. The molecule has 2 amide bonds. The molecule has 7 N–H and O–H groups in total. The van der Waals surface area contributed by atoms with Crippen LogP contribution in [0.2, 0.25) is 0 Å². The van der Waals surface area contributed by atoms with Gasteiger partial charge in [-0.15, -0.1) is 0 Å². The van der Waals surface area contributed by atoms with Gasteiger partial charge in [-0.05, 0) is 0 Å². The Balaban J connectivity index is -0.000000123. The Kier molecular flexibility index (Phi) is 38.2. The number of ether oxygens (including phenoxy) is 6. The first-order valence-corrected chi connectivity index (χ1v) is 9.38. The molecule has 0 aliphatic carbocycles. The summed E-state index contributed by atoms with van der Waals surface area (Å²) in [5, 5.41) is 26.7. The van der Waals surface area contributed by atoms with Crippen molar-refractivity contribution in [1.29, 1.82) is 0 Å². The van der Waals surface area contributed by atoms with Crippen LogP contribution < -0.4 is 11.5 Å². The third-order valence-corrected chi connectivity index (χ3v) is 2.85. The third kappa shape index (κ3) is 42.6. The van der Waals surface area contributed by atoms with E-state index in [2.05, 4.69) is 47.4 Å². The molecule has 0 aliphatic rings. The number of carbonyl (C=O) groups is 2. The van der Waals surface area contributed by atoms with Crippen LogP contribution in [-0.4, -0.2) is 98.3 Å². The van der Waals surface area contributed by atoms with E-state index in [9.17, 15) is 9.59 Å². The van der Waals surface area contributed by atoms with Crippen molar-refractivity contribution >= 4 is 11.8 Å². The number of hydrogen-bond donors (Lipinski definition) is 5. The van der Waals surface area contributed by atoms with Crippen molar-refractivity contribution in [2.24, 2.45) is 11.5 Å². The Hall–Kier alpha value is -3.42. The standard InChI is InChI=1S/2C7H14NO4.C5H10O3.2Rf/c2*1-11-4-6(9)5-12-3-2-7(8)10;1-7-3-5(6)4-8-2;;/h2*6,9H,1-5H2,(H2,8,10);5-6H,1-4H2;;/q2*-1;-2;;. The van der Waals surface area contributed by atoms with Crippen LogP contribution in [0.3, 0.4) is 0 Å². The summed E-state index contributed by atoms with van der Waals surface area (Å²) in [6, 6.07) is 0. The zero-order chi connectivity index (χ0) is 25.2. The number of hydrogen-bond acceptors (Lipinski definition) is 11. The van der Waals surface area contributed by atoms with Crippen LogP contribution >= 0.6 is 0 Å². The van der Waals surface area contributed by atoms with Gasteiger partial charge < -0.3 is 55.2 Å². The van der Waals surface area contributed by atoms with Crippen molar-refractivity contribution in [2.75, 3.05) is 52.9 Å². The van der Waals surface area contributed by atoms with Gasteiger partial charge in [0.1, 0.15) is 0 Å². The maximum atomic E-state index is 10.2. The van der Waals surface area contributed by atoms with Gasteiger partial charge in [-0.3, -0.25) is 9.59 Å². The average Bonchev–Trinajstić information content (AvgIpc) is 2.70. The maximum absolute atomic E-state index is 10.2. The second kappa shape index (κ2) is 31.8. The Morgan fingerprint density at radius 3 is 1.03 bits per heavy atom. The van der Waals surface area contributed by atoms with Crippen LogP contribution in [0.1, 0.15) is 12.8 Å². The van der Waals surface area contributed by atoms with E-state index in [1.165, 1.54) is 0 Å². The van der Waals surface area contributed by atoms with Crippen LogP contribution in [0.25, 0.3) is 0 Å². The minimum absolute atomic E-state index is 0. The summed E-state index contributed by atoms with van der Waals surface area (Å²) >= 11 is 0. The van der Waals surface area contributed by atoms with Gasteiger partial charge in [0.25, 0.3) is 0 Å². The zero-order valence-electron chi connectivity index (χ0n) is 19.8. The summed E-state index contributed by atoms with van der Waals surface area (Å²) in [4.78, 5) is 20.4. The van der Waals surface area contributed by atoms with Crippen molar-refractivity contribution < 1.29 is 53.3 Å². The van der Waals surface area contributed by atoms with Crippen molar-refractivity contribution in [3.05, 3.63) is 28.4 Å². The summed E-state index contributed by atoms with van der Waals surface area (Å²) < 4.78 is 27.3. The van der Waals surface area contributed by atoms with E-state index >= 15 is 0 Å². The quantitative estimate of drug-likeness (QED) is 0.0756. The molecule has 2 atom stereocenters. The van der Waals surface area contributed by atoms with Gasteiger partial charge in [0.05, 0.1) is 44.7 Å². The predicted octanol–water partition coefficient (Wildman–Crippen LogP) is -1.94. The molecule has 0 bridgehead atoms. The number of rotatable bonds is 18. The summed E-state index contributed by atoms with van der Waals surface area (Å²) in [5.74, 6) is -0.837. The Labute approximate surface area is 189 Å². The molecule has 15 heteroatoms. The largest absolute Gasteiger partial charge is 0.553 e. The van der Waals surface area contributed by atoms with E-state index in [1.54, 1.807) is 0 Å². The molecule has 0 spiro atoms. The number of carbonyl (C=O) groups excluding carboxylic acids is 2. The maximum Gasteiger partial charge on any atom is 0.219 e. The summed E-state index contributed by atoms with van der Waals surface area (Å²) in [5.41, 5.74) is 9.70. The molecule has 0 aromatic heterocycles. The van der Waals surface area contributed by atoms with Gasteiger partial charge in [-0.25, -0.2) is 28.4 Å². The molecule has 34 heavy (non-hydrogen) atoms. The fraction of sp³-hybridized carbons (Fsp3) is 0.684. The fourth-order valence-corrected chi connectivity index (χ4v) is 1.47. The topological polar surface area (TPSA) is 202 Å². The number of primary amides is 2. The number of nitrogens with two attached hydrogens (primary N) is 2. The van der Waals surface area contributed by atoms with E-state index in [-0.39, 0.29) is 65.7 Å². The smallest absolute Gasteiger partial charge is 0.219 e. The van der Waals surface area contributed by atoms with Crippen LogP contribution in [0.5, 0.6) is 0 Å². The molecule has 0 heterocycles. The minimum Gasteiger partial charge on any atom is -0.553 e. The van der Waals surface area contributed by atoms with Gasteiger partial charge in [0.15, 0.2) is 0 Å². The summed E-state index contributed by atoms with van der Waals surface area (Å²) in [6.07, 6.45) is -1.67. The molecule has 0 fully saturated rings. The molecular formula is C19H38N2O11Rf2-4. The zero-order valence-corrected chi connectivity index (χ0v) is 32.6. The number of aliphatic hydroxyl groups is 3. The Morgan fingerprint density at radius 1 is 0.588 bits per heavy atom. The molecule has 2 unspecified atom stereocenters. The SMILES string of the molecule is [CH2-]OCC(O)COCCC(N)=O.[CH2-]OCC(O)COCCC(N)=O.[CH2-]OCC(O)CO[CH2-].[Rf].[Rf]. The van der Waals surface area contributed by atoms with E-state index in [1.807, 2.05) is 0 Å². The van der Waals surface area contributed by atoms with Crippen molar-refractivity contribution in [3.8, 4) is 0 Å². The molecule has 0 saturated heterocycles. The second-order valence-electron chi connectivity index (χ2n) is 6.03. The molecule has 0 aliphatic heterocycles. The van der Waals surface area contributed by atoms with Crippen molar-refractivity contribution in [1.82, 2.24) is 0 Å². The van der Waals surface area contributed by atoms with E-state index in [0.29, 0.717) is 0 Å². The van der Waals surface area contributed by atoms with Crippen LogP contribution in [0, 0.1) is 28.4 Å². The van der Waals surface area contributed by atoms with E-state index in [0.717, 1.165) is 0 Å². The second-order valence-corrected chi connectivity index (χ2v) is 6.03. The first-order chi connectivity index (χ1) is 15.1. The van der Waals surface area contributed by atoms with Crippen molar-refractivity contribution in [2.45, 2.75) is 31.2 Å². The number of amides is 2. The van der Waals surface area contributed by atoms with Gasteiger partial charge in [0, 0.05) is 39.3 Å². The van der Waals surface area contributed by atoms with Crippen LogP contribution in [0.4, 0.5) is 0 Å². The van der Waals surface area contributed by atoms with Gasteiger partial charge in [0.2, 0.25) is 11.8 Å². The van der Waals surface area contributed by atoms with Crippen LogP contribution in [-0.2, 0) is 38.0 Å². The fourth-order valence-electron chi connectivity index (χ4n) is 1.47. The number of aliphatic hydroxyl groups excluding tert-OH is 3. The Bertz CT molecular complexity index is 392. The van der Waals surface area contributed by atoms with E-state index in [4.69, 9.17) is 36.3 Å². The third-order valence-electron chi connectivity index (χ3n) is 2.85. The summed E-state index contributed by atoms with van der Waals surface area (Å²) in [7, 11) is 12.3.